The molecule has 0 unspecified atom stereocenters. The second-order valence-corrected chi connectivity index (χ2v) is 21.1. The van der Waals surface area contributed by atoms with Crippen molar-refractivity contribution in [2.75, 3.05) is 10.6 Å². The van der Waals surface area contributed by atoms with Gasteiger partial charge < -0.3 is 39.9 Å². The molecule has 2 aliphatic heterocycles. The molecule has 13 rings (SSSR count). The molecule has 2 aliphatic carbocycles. The smallest absolute Gasteiger partial charge is 0.336 e. The molecule has 0 amide bonds. The van der Waals surface area contributed by atoms with E-state index in [1.165, 1.54) is 49.4 Å². The lowest BCUT2D eigenvalue weighted by molar-refractivity contribution is 0.0687. The molecule has 9 aromatic rings. The highest BCUT2D eigenvalue weighted by Gasteiger charge is 2.27. The van der Waals surface area contributed by atoms with E-state index in [0.717, 1.165) is 33.2 Å². The highest BCUT2D eigenvalue weighted by molar-refractivity contribution is 6.31. The van der Waals surface area contributed by atoms with Gasteiger partial charge >= 0.3 is 11.9 Å². The molecule has 4 aliphatic rings. The Hall–Kier alpha value is -10.9. The predicted octanol–water partition coefficient (Wildman–Crippen LogP) is 15.4. The van der Waals surface area contributed by atoms with Crippen molar-refractivity contribution in [3.05, 3.63) is 258 Å². The van der Waals surface area contributed by atoms with E-state index in [4.69, 9.17) is 37.0 Å². The van der Waals surface area contributed by atoms with E-state index < -0.39 is 22.8 Å². The van der Waals surface area contributed by atoms with Crippen molar-refractivity contribution in [3.8, 4) is 56.4 Å². The number of benzene rings is 9. The van der Waals surface area contributed by atoms with Gasteiger partial charge in [-0.25, -0.2) is 14.6 Å². The number of anilines is 2. The number of aromatic carboxylic acids is 2. The number of para-hydroxylation sites is 2. The van der Waals surface area contributed by atoms with Crippen LogP contribution in [-0.4, -0.2) is 48.1 Å². The van der Waals surface area contributed by atoms with E-state index >= 15 is 0 Å². The number of phenols is 2. The average molecular weight is 1180 g/mol. The van der Waals surface area contributed by atoms with Crippen LogP contribution in [0, 0.1) is 0 Å². The van der Waals surface area contributed by atoms with Crippen LogP contribution in [0.5, 0.6) is 11.5 Å². The molecule has 7 aromatic carbocycles. The largest absolute Gasteiger partial charge is 0.507 e. The SMILES string of the molecule is CC(=O)c1ccc2cccc(NCc3c(O)ccc4c(-c5ccccc5C(=O)O)c5cc(Cl)c(=O)cc-5oc34)c2n1.O=C(O)c1ccccc1-c1c2cc(Cl)c(=O)cc-2oc2c(CNc3cccc4ccc(Cc5ccccc5)nc34)c(O)ccc12. The lowest BCUT2D eigenvalue weighted by Gasteiger charge is -2.19. The van der Waals surface area contributed by atoms with Crippen molar-refractivity contribution < 1.29 is 43.6 Å². The fraction of sp³-hybridized carbons (Fsp3) is 0.0580. The molecule has 422 valence electrons. The molecule has 0 saturated carbocycles. The van der Waals surface area contributed by atoms with Crippen molar-refractivity contribution in [3.63, 3.8) is 0 Å². The summed E-state index contributed by atoms with van der Waals surface area (Å²) in [6.45, 7) is 1.69. The van der Waals surface area contributed by atoms with E-state index in [1.807, 2.05) is 72.8 Å². The third-order valence-electron chi connectivity index (χ3n) is 14.9. The molecule has 6 N–H and O–H groups in total. The minimum atomic E-state index is -1.12. The molecule has 15 nitrogen and oxygen atoms in total. The molecule has 86 heavy (non-hydrogen) atoms. The number of ketones is 1. The number of carboxylic acids is 2. The molecule has 0 atom stereocenters. The second kappa shape index (κ2) is 23.1. The summed E-state index contributed by atoms with van der Waals surface area (Å²) in [6.07, 6.45) is 0.688. The highest BCUT2D eigenvalue weighted by Crippen LogP contribution is 2.46. The predicted molar refractivity (Wildman–Crippen MR) is 334 cm³/mol. The Kier molecular flexibility index (Phi) is 14.9. The van der Waals surface area contributed by atoms with Crippen LogP contribution in [0.4, 0.5) is 11.4 Å². The molecule has 0 saturated heterocycles. The number of rotatable bonds is 13. The number of fused-ring (bicyclic) bond motifs is 6. The number of aromatic hydroxyl groups is 2. The van der Waals surface area contributed by atoms with E-state index in [-0.39, 0.29) is 68.6 Å². The van der Waals surface area contributed by atoms with Crippen LogP contribution < -0.4 is 21.5 Å². The summed E-state index contributed by atoms with van der Waals surface area (Å²) in [4.78, 5) is 70.9. The molecule has 0 radical (unpaired) electrons. The first-order chi connectivity index (χ1) is 41.6. The number of phenolic OH excluding ortho intramolecular Hbond substituents is 2. The molecular formula is C69H46Cl2N4O11. The van der Waals surface area contributed by atoms with Gasteiger partial charge in [-0.05, 0) is 89.5 Å². The minimum Gasteiger partial charge on any atom is -0.507 e. The first kappa shape index (κ1) is 55.7. The lowest BCUT2D eigenvalue weighted by atomic mass is 9.90. The van der Waals surface area contributed by atoms with Crippen molar-refractivity contribution in [1.29, 1.82) is 0 Å². The van der Waals surface area contributed by atoms with Gasteiger partial charge in [0.1, 0.15) is 39.9 Å². The number of hydrogen-bond acceptors (Lipinski definition) is 13. The number of hydrogen-bond donors (Lipinski definition) is 6. The van der Waals surface area contributed by atoms with Crippen LogP contribution in [0.15, 0.2) is 206 Å². The molecule has 0 spiro atoms. The summed E-state index contributed by atoms with van der Waals surface area (Å²) in [5.41, 5.74) is 8.61. The van der Waals surface area contributed by atoms with Crippen LogP contribution in [0.25, 0.3) is 88.6 Å². The average Bonchev–Trinajstić information content (AvgIpc) is 0.879. The Morgan fingerprint density at radius 1 is 0.500 bits per heavy atom. The number of pyridine rings is 2. The Morgan fingerprint density at radius 3 is 1.45 bits per heavy atom. The zero-order chi connectivity index (χ0) is 59.9. The number of nitrogens with zero attached hydrogens (tertiary/aromatic N) is 2. The Morgan fingerprint density at radius 2 is 0.965 bits per heavy atom. The monoisotopic (exact) mass is 1180 g/mol. The Bertz CT molecular complexity index is 4970. The maximum absolute atomic E-state index is 12.6. The highest BCUT2D eigenvalue weighted by atomic mass is 35.5. The van der Waals surface area contributed by atoms with Crippen LogP contribution in [0.2, 0.25) is 10.0 Å². The topological polar surface area (TPSA) is 242 Å². The van der Waals surface area contributed by atoms with Gasteiger partial charge in [-0.2, -0.15) is 0 Å². The van der Waals surface area contributed by atoms with E-state index in [0.29, 0.717) is 84.2 Å². The first-order valence-corrected chi connectivity index (χ1v) is 27.6. The van der Waals surface area contributed by atoms with Gasteiger partial charge in [0.05, 0.1) is 54.7 Å². The second-order valence-electron chi connectivity index (χ2n) is 20.3. The zero-order valence-corrected chi connectivity index (χ0v) is 46.8. The fourth-order valence-corrected chi connectivity index (χ4v) is 11.1. The number of nitrogens with one attached hydrogen (secondary N) is 2. The van der Waals surface area contributed by atoms with Gasteiger partial charge in [0.25, 0.3) is 0 Å². The summed E-state index contributed by atoms with van der Waals surface area (Å²) in [6, 6.07) is 54.1. The Labute approximate surface area is 498 Å². The summed E-state index contributed by atoms with van der Waals surface area (Å²) in [5.74, 6) is -2.07. The van der Waals surface area contributed by atoms with Gasteiger partial charge in [0.15, 0.2) is 5.78 Å². The third kappa shape index (κ3) is 10.6. The number of Topliss-reactive ketones (excluding diaryl/α,β-unsaturated/α-hetero) is 1. The number of halogens is 2. The molecular weight excluding hydrogens is 1130 g/mol. The standard InChI is InChI=1S/C37H25ClN2O5.C32H21ClN2O6/c38-29-18-27-33(19-32(29)42)45-36-26(34(27)24-10-4-5-11-25(24)37(43)44)15-16-31(41)28(36)20-39-30-12-6-9-22-13-14-23(40-35(22)30)17-21-7-2-1-3-8-21;1-16(36)24-11-9-17-5-4-8-25(30(17)35-24)34-15-22-26(37)12-10-20-29(18-6-2-3-7-19(18)32(39)40)21-13-23(33)27(38)14-28(21)41-31(20)22/h1-16,18-19,39,41H,17,20H2,(H,43,44);2-14,34,37H,15H2,1H3,(H,39,40). The molecule has 17 heteroatoms. The van der Waals surface area contributed by atoms with Crippen LogP contribution in [-0.2, 0) is 19.5 Å². The maximum Gasteiger partial charge on any atom is 0.336 e. The van der Waals surface area contributed by atoms with E-state index in [9.17, 15) is 44.4 Å². The zero-order valence-electron chi connectivity index (χ0n) is 45.3. The molecule has 2 aromatic heterocycles. The number of carbonyl (C=O) groups excluding carboxylic acids is 1. The molecule has 4 heterocycles. The summed E-state index contributed by atoms with van der Waals surface area (Å²) >= 11 is 12.5. The first-order valence-electron chi connectivity index (χ1n) is 26.9. The normalized spacial score (nSPS) is 11.3. The summed E-state index contributed by atoms with van der Waals surface area (Å²) in [5, 5.41) is 51.5. The molecule has 0 bridgehead atoms. The van der Waals surface area contributed by atoms with E-state index in [2.05, 4.69) is 27.8 Å². The van der Waals surface area contributed by atoms with Crippen molar-refractivity contribution >= 4 is 96.0 Å². The quantitative estimate of drug-likeness (QED) is 0.0464. The van der Waals surface area contributed by atoms with E-state index in [1.54, 1.807) is 60.7 Å². The third-order valence-corrected chi connectivity index (χ3v) is 15.5. The Balaban J connectivity index is 0.000000169. The van der Waals surface area contributed by atoms with Gasteiger partial charge in [-0.3, -0.25) is 19.4 Å². The van der Waals surface area contributed by atoms with Gasteiger partial charge in [-0.15, -0.1) is 0 Å². The van der Waals surface area contributed by atoms with Crippen molar-refractivity contribution in [2.45, 2.75) is 26.4 Å². The van der Waals surface area contributed by atoms with Gasteiger partial charge in [0.2, 0.25) is 10.9 Å². The maximum atomic E-state index is 12.6. The number of carboxylic acid groups (broad SMARTS) is 2. The van der Waals surface area contributed by atoms with Crippen LogP contribution in [0.3, 0.4) is 0 Å². The number of carbonyl (C=O) groups is 3. The summed E-state index contributed by atoms with van der Waals surface area (Å²) < 4.78 is 12.5. The number of aromatic nitrogens is 2. The fourth-order valence-electron chi connectivity index (χ4n) is 10.8. The van der Waals surface area contributed by atoms with Gasteiger partial charge in [0, 0.05) is 88.1 Å². The van der Waals surface area contributed by atoms with Crippen LogP contribution in [0.1, 0.15) is 60.5 Å². The van der Waals surface area contributed by atoms with Crippen molar-refractivity contribution in [1.82, 2.24) is 9.97 Å². The van der Waals surface area contributed by atoms with Crippen molar-refractivity contribution in [2.24, 2.45) is 0 Å². The minimum absolute atomic E-state index is 0.0122. The summed E-state index contributed by atoms with van der Waals surface area (Å²) in [7, 11) is 0. The van der Waals surface area contributed by atoms with Crippen LogP contribution >= 0.6 is 23.2 Å². The molecule has 0 fully saturated rings. The van der Waals surface area contributed by atoms with Gasteiger partial charge in [-0.1, -0.05) is 126 Å². The lowest BCUT2D eigenvalue weighted by Crippen LogP contribution is -2.06.